The molecule has 6 nitrogen and oxygen atoms in total. The molecule has 2 rings (SSSR count). The quantitative estimate of drug-likeness (QED) is 0.794. The lowest BCUT2D eigenvalue weighted by atomic mass is 10.2. The maximum Gasteiger partial charge on any atom is 0.241 e. The Morgan fingerprint density at radius 2 is 1.95 bits per heavy atom. The Balaban J connectivity index is 0.00000242. The van der Waals surface area contributed by atoms with E-state index in [1.807, 2.05) is 11.8 Å². The zero-order chi connectivity index (χ0) is 15.3. The topological polar surface area (TPSA) is 69.7 Å². The van der Waals surface area contributed by atoms with Crippen LogP contribution in [0.2, 0.25) is 0 Å². The largest absolute Gasteiger partial charge is 0.340 e. The number of amides is 1. The molecule has 0 spiro atoms. The normalized spacial score (nSPS) is 23.9. The highest BCUT2D eigenvalue weighted by atomic mass is 35.5. The van der Waals surface area contributed by atoms with Gasteiger partial charge in [-0.1, -0.05) is 13.3 Å². The fourth-order valence-electron chi connectivity index (χ4n) is 3.04. The maximum absolute atomic E-state index is 12.7. The average Bonchev–Trinajstić information content (AvgIpc) is 2.81. The number of hydrogen-bond donors (Lipinski definition) is 1. The van der Waals surface area contributed by atoms with Gasteiger partial charge in [0.1, 0.15) is 6.04 Å². The fraction of sp³-hybridized carbons (Fsp3) is 0.929. The third kappa shape index (κ3) is 4.81. The van der Waals surface area contributed by atoms with Gasteiger partial charge in [0.15, 0.2) is 0 Å². The molecule has 0 aromatic rings. The van der Waals surface area contributed by atoms with Crippen LogP contribution in [0.15, 0.2) is 0 Å². The summed E-state index contributed by atoms with van der Waals surface area (Å²) in [6, 6.07) is -0.468. The molecular weight excluding hydrogens is 326 g/mol. The molecule has 22 heavy (non-hydrogen) atoms. The van der Waals surface area contributed by atoms with Crippen molar-refractivity contribution in [2.24, 2.45) is 0 Å². The number of nitrogens with zero attached hydrogens (tertiary/aromatic N) is 2. The minimum absolute atomic E-state index is 0. The molecule has 130 valence electrons. The van der Waals surface area contributed by atoms with Crippen LogP contribution in [-0.2, 0) is 14.8 Å². The molecule has 0 bridgehead atoms. The minimum Gasteiger partial charge on any atom is -0.340 e. The standard InChI is InChI=1S/C14H27N3O3S.ClH/c1-2-3-12-21(19,20)17-10-4-6-13(17)14(18)16-9-5-7-15-8-11-16;/h13,15H,2-12H2,1H3;1H. The maximum atomic E-state index is 12.7. The van der Waals surface area contributed by atoms with Crippen LogP contribution in [0, 0.1) is 0 Å². The Hall–Kier alpha value is -0.370. The van der Waals surface area contributed by atoms with Gasteiger partial charge in [0.25, 0.3) is 0 Å². The van der Waals surface area contributed by atoms with E-state index < -0.39 is 16.1 Å². The summed E-state index contributed by atoms with van der Waals surface area (Å²) in [7, 11) is -3.29. The van der Waals surface area contributed by atoms with E-state index in [4.69, 9.17) is 0 Å². The van der Waals surface area contributed by atoms with Crippen molar-refractivity contribution in [3.05, 3.63) is 0 Å². The van der Waals surface area contributed by atoms with Crippen LogP contribution in [0.25, 0.3) is 0 Å². The Morgan fingerprint density at radius 3 is 2.68 bits per heavy atom. The summed E-state index contributed by atoms with van der Waals surface area (Å²) in [5, 5.41) is 3.27. The van der Waals surface area contributed by atoms with Crippen LogP contribution < -0.4 is 5.32 Å². The van der Waals surface area contributed by atoms with E-state index in [0.717, 1.165) is 38.9 Å². The van der Waals surface area contributed by atoms with Crippen LogP contribution in [0.5, 0.6) is 0 Å². The van der Waals surface area contributed by atoms with E-state index >= 15 is 0 Å². The van der Waals surface area contributed by atoms with Gasteiger partial charge in [-0.05, 0) is 32.2 Å². The monoisotopic (exact) mass is 353 g/mol. The molecule has 2 fully saturated rings. The number of halogens is 1. The Labute approximate surface area is 140 Å². The molecule has 1 amide bonds. The molecule has 0 radical (unpaired) electrons. The highest BCUT2D eigenvalue weighted by Crippen LogP contribution is 2.24. The SMILES string of the molecule is CCCCS(=O)(=O)N1CCCC1C(=O)N1CCCNCC1.Cl. The zero-order valence-corrected chi connectivity index (χ0v) is 14.9. The number of rotatable bonds is 5. The molecule has 2 saturated heterocycles. The van der Waals surface area contributed by atoms with Gasteiger partial charge in [-0.15, -0.1) is 12.4 Å². The minimum atomic E-state index is -3.29. The molecule has 1 atom stereocenters. The molecule has 1 unspecified atom stereocenters. The van der Waals surface area contributed by atoms with Gasteiger partial charge in [0.05, 0.1) is 5.75 Å². The molecule has 2 aliphatic rings. The average molecular weight is 354 g/mol. The third-order valence-corrected chi connectivity index (χ3v) is 6.21. The first-order chi connectivity index (χ1) is 10.1. The number of hydrogen-bond acceptors (Lipinski definition) is 4. The van der Waals surface area contributed by atoms with Gasteiger partial charge in [0, 0.05) is 26.2 Å². The van der Waals surface area contributed by atoms with Crippen molar-refractivity contribution in [1.82, 2.24) is 14.5 Å². The van der Waals surface area contributed by atoms with Gasteiger partial charge in [-0.3, -0.25) is 4.79 Å². The molecule has 0 aromatic heterocycles. The predicted molar refractivity (Wildman–Crippen MR) is 89.7 cm³/mol. The molecule has 0 aromatic carbocycles. The summed E-state index contributed by atoms with van der Waals surface area (Å²) >= 11 is 0. The van der Waals surface area contributed by atoms with E-state index in [1.165, 1.54) is 4.31 Å². The molecule has 0 aliphatic carbocycles. The summed E-state index contributed by atoms with van der Waals surface area (Å²) in [5.41, 5.74) is 0. The van der Waals surface area contributed by atoms with Crippen molar-refractivity contribution in [1.29, 1.82) is 0 Å². The Kier molecular flexibility index (Phi) is 8.10. The second-order valence-corrected chi connectivity index (χ2v) is 7.91. The Bertz CT molecular complexity index is 450. The number of carbonyl (C=O) groups is 1. The fourth-order valence-corrected chi connectivity index (χ4v) is 4.92. The lowest BCUT2D eigenvalue weighted by Gasteiger charge is -2.29. The van der Waals surface area contributed by atoms with Crippen molar-refractivity contribution in [2.75, 3.05) is 38.5 Å². The van der Waals surface area contributed by atoms with Crippen molar-refractivity contribution in [3.63, 3.8) is 0 Å². The van der Waals surface area contributed by atoms with E-state index in [1.54, 1.807) is 0 Å². The first-order valence-electron chi connectivity index (χ1n) is 8.05. The smallest absolute Gasteiger partial charge is 0.241 e. The second-order valence-electron chi connectivity index (χ2n) is 5.87. The van der Waals surface area contributed by atoms with Crippen LogP contribution >= 0.6 is 12.4 Å². The van der Waals surface area contributed by atoms with E-state index in [2.05, 4.69) is 5.32 Å². The van der Waals surface area contributed by atoms with E-state index in [-0.39, 0.29) is 24.1 Å². The molecule has 1 N–H and O–H groups in total. The summed E-state index contributed by atoms with van der Waals surface area (Å²) in [4.78, 5) is 14.5. The first-order valence-corrected chi connectivity index (χ1v) is 9.66. The van der Waals surface area contributed by atoms with Gasteiger partial charge >= 0.3 is 0 Å². The highest BCUT2D eigenvalue weighted by Gasteiger charge is 2.39. The highest BCUT2D eigenvalue weighted by molar-refractivity contribution is 7.89. The van der Waals surface area contributed by atoms with Gasteiger partial charge in [-0.25, -0.2) is 8.42 Å². The summed E-state index contributed by atoms with van der Waals surface area (Å²) < 4.78 is 26.3. The summed E-state index contributed by atoms with van der Waals surface area (Å²) in [5.74, 6) is 0.158. The summed E-state index contributed by atoms with van der Waals surface area (Å²) in [6.45, 7) is 5.60. The molecule has 0 saturated carbocycles. The number of carbonyl (C=O) groups excluding carboxylic acids is 1. The van der Waals surface area contributed by atoms with Crippen LogP contribution in [0.1, 0.15) is 39.0 Å². The van der Waals surface area contributed by atoms with E-state index in [0.29, 0.717) is 25.9 Å². The molecule has 2 heterocycles. The van der Waals surface area contributed by atoms with Crippen molar-refractivity contribution in [2.45, 2.75) is 45.1 Å². The third-order valence-electron chi connectivity index (χ3n) is 4.25. The van der Waals surface area contributed by atoms with Gasteiger partial charge < -0.3 is 10.2 Å². The molecule has 2 aliphatic heterocycles. The van der Waals surface area contributed by atoms with Gasteiger partial charge in [0.2, 0.25) is 15.9 Å². The number of unbranched alkanes of at least 4 members (excludes halogenated alkanes) is 1. The lowest BCUT2D eigenvalue weighted by Crippen LogP contribution is -2.49. The second kappa shape index (κ2) is 9.05. The van der Waals surface area contributed by atoms with Crippen LogP contribution in [0.3, 0.4) is 0 Å². The van der Waals surface area contributed by atoms with E-state index in [9.17, 15) is 13.2 Å². The zero-order valence-electron chi connectivity index (χ0n) is 13.3. The molecular formula is C14H28ClN3O3S. The summed E-state index contributed by atoms with van der Waals surface area (Å²) in [6.07, 6.45) is 3.89. The van der Waals surface area contributed by atoms with Crippen LogP contribution in [0.4, 0.5) is 0 Å². The molecule has 8 heteroatoms. The first kappa shape index (κ1) is 19.7. The Morgan fingerprint density at radius 1 is 1.18 bits per heavy atom. The van der Waals surface area contributed by atoms with Crippen molar-refractivity contribution < 1.29 is 13.2 Å². The number of nitrogens with one attached hydrogen (secondary N) is 1. The predicted octanol–water partition coefficient (Wildman–Crippen LogP) is 0.824. The van der Waals surface area contributed by atoms with Crippen molar-refractivity contribution in [3.8, 4) is 0 Å². The van der Waals surface area contributed by atoms with Gasteiger partial charge in [-0.2, -0.15) is 4.31 Å². The van der Waals surface area contributed by atoms with Crippen molar-refractivity contribution >= 4 is 28.3 Å². The number of sulfonamides is 1. The lowest BCUT2D eigenvalue weighted by molar-refractivity contribution is -0.134. The van der Waals surface area contributed by atoms with Crippen LogP contribution in [-0.4, -0.2) is 68.0 Å².